The zero-order valence-corrected chi connectivity index (χ0v) is 11.6. The Kier molecular flexibility index (Phi) is 4.57. The first-order valence-corrected chi connectivity index (χ1v) is 8.01. The second-order valence-corrected chi connectivity index (χ2v) is 6.65. The predicted octanol–water partition coefficient (Wildman–Crippen LogP) is 2.35. The molecule has 1 atom stereocenters. The first-order chi connectivity index (χ1) is 7.78. The van der Waals surface area contributed by atoms with Gasteiger partial charge in [0.25, 0.3) is 0 Å². The predicted molar refractivity (Wildman–Crippen MR) is 73.2 cm³/mol. The highest BCUT2D eigenvalue weighted by Gasteiger charge is 2.38. The molecule has 1 heterocycles. The normalized spacial score (nSPS) is 30.0. The van der Waals surface area contributed by atoms with E-state index in [4.69, 9.17) is 0 Å². The monoisotopic (exact) mass is 242 g/mol. The zero-order valence-electron chi connectivity index (χ0n) is 10.8. The van der Waals surface area contributed by atoms with E-state index in [0.29, 0.717) is 4.75 Å². The number of likely N-dealkylation sites (tertiary alicyclic amines) is 1. The molecule has 1 saturated heterocycles. The van der Waals surface area contributed by atoms with Gasteiger partial charge in [-0.2, -0.15) is 11.8 Å². The Morgan fingerprint density at radius 2 is 2.19 bits per heavy atom. The molecular weight excluding hydrogens is 216 g/mol. The van der Waals surface area contributed by atoms with Crippen LogP contribution >= 0.6 is 11.8 Å². The number of hydrogen-bond donors (Lipinski definition) is 1. The van der Waals surface area contributed by atoms with Gasteiger partial charge in [0, 0.05) is 23.9 Å². The maximum absolute atomic E-state index is 3.61. The molecule has 0 amide bonds. The van der Waals surface area contributed by atoms with E-state index in [9.17, 15) is 0 Å². The van der Waals surface area contributed by atoms with Gasteiger partial charge in [0.05, 0.1) is 0 Å². The van der Waals surface area contributed by atoms with E-state index in [1.807, 2.05) is 0 Å². The van der Waals surface area contributed by atoms with Crippen LogP contribution in [0.3, 0.4) is 0 Å². The molecule has 0 radical (unpaired) electrons. The molecule has 0 aromatic carbocycles. The molecule has 1 N–H and O–H groups in total. The second-order valence-electron chi connectivity index (χ2n) is 5.37. The average molecular weight is 242 g/mol. The highest BCUT2D eigenvalue weighted by Crippen LogP contribution is 2.43. The van der Waals surface area contributed by atoms with Gasteiger partial charge in [0.2, 0.25) is 0 Å². The lowest BCUT2D eigenvalue weighted by atomic mass is 9.83. The molecule has 0 aromatic rings. The molecule has 1 saturated carbocycles. The minimum atomic E-state index is 0.619. The fraction of sp³-hybridized carbons (Fsp3) is 1.00. The first-order valence-electron chi connectivity index (χ1n) is 6.79. The van der Waals surface area contributed by atoms with Crippen LogP contribution in [0.1, 0.15) is 39.0 Å². The molecule has 2 nitrogen and oxygen atoms in total. The molecule has 1 unspecified atom stereocenters. The zero-order chi connectivity index (χ0) is 11.4. The fourth-order valence-corrected chi connectivity index (χ4v) is 4.07. The molecule has 0 bridgehead atoms. The number of rotatable bonds is 5. The van der Waals surface area contributed by atoms with Crippen molar-refractivity contribution in [1.82, 2.24) is 10.2 Å². The molecule has 2 aliphatic rings. The lowest BCUT2D eigenvalue weighted by Crippen LogP contribution is -2.52. The number of nitrogens with zero attached hydrogens (tertiary/aromatic N) is 1. The third kappa shape index (κ3) is 2.93. The van der Waals surface area contributed by atoms with Crippen molar-refractivity contribution in [3.63, 3.8) is 0 Å². The third-order valence-corrected chi connectivity index (χ3v) is 5.61. The summed E-state index contributed by atoms with van der Waals surface area (Å²) in [6.07, 6.45) is 9.38. The van der Waals surface area contributed by atoms with Crippen LogP contribution in [-0.4, -0.2) is 48.1 Å². The van der Waals surface area contributed by atoms with Gasteiger partial charge in [0.1, 0.15) is 0 Å². The van der Waals surface area contributed by atoms with Crippen molar-refractivity contribution in [3.05, 3.63) is 0 Å². The van der Waals surface area contributed by atoms with Crippen LogP contribution < -0.4 is 5.32 Å². The van der Waals surface area contributed by atoms with E-state index in [0.717, 1.165) is 12.6 Å². The molecule has 0 aromatic heterocycles. The fourth-order valence-electron chi connectivity index (χ4n) is 3.06. The summed E-state index contributed by atoms with van der Waals surface area (Å²) in [7, 11) is 0. The van der Waals surface area contributed by atoms with Crippen LogP contribution in [-0.2, 0) is 0 Å². The van der Waals surface area contributed by atoms with Crippen molar-refractivity contribution in [2.45, 2.75) is 49.8 Å². The van der Waals surface area contributed by atoms with E-state index in [1.165, 1.54) is 51.7 Å². The van der Waals surface area contributed by atoms with Crippen molar-refractivity contribution in [1.29, 1.82) is 0 Å². The number of piperidine rings is 1. The maximum atomic E-state index is 3.61. The summed E-state index contributed by atoms with van der Waals surface area (Å²) < 4.78 is 0.619. The molecular formula is C13H26N2S. The third-order valence-electron chi connectivity index (χ3n) is 4.21. The van der Waals surface area contributed by atoms with Gasteiger partial charge >= 0.3 is 0 Å². The van der Waals surface area contributed by atoms with Gasteiger partial charge in [-0.05, 0) is 45.0 Å². The smallest absolute Gasteiger partial charge is 0.0284 e. The van der Waals surface area contributed by atoms with Gasteiger partial charge in [-0.1, -0.05) is 13.3 Å². The van der Waals surface area contributed by atoms with Gasteiger partial charge in [-0.15, -0.1) is 0 Å². The Hall–Kier alpha value is 0.270. The Morgan fingerprint density at radius 1 is 1.38 bits per heavy atom. The van der Waals surface area contributed by atoms with Gasteiger partial charge < -0.3 is 10.2 Å². The van der Waals surface area contributed by atoms with Crippen molar-refractivity contribution >= 4 is 11.8 Å². The molecule has 1 aliphatic heterocycles. The molecule has 2 fully saturated rings. The number of thioether (sulfide) groups is 1. The summed E-state index contributed by atoms with van der Waals surface area (Å²) in [5.41, 5.74) is 0. The highest BCUT2D eigenvalue weighted by molar-refractivity contribution is 8.00. The maximum Gasteiger partial charge on any atom is 0.0284 e. The van der Waals surface area contributed by atoms with Gasteiger partial charge in [0.15, 0.2) is 0 Å². The standard InChI is InChI=1S/C13H26N2S/c1-3-14-12-6-4-9-15(10-12)11-13(16-2)7-5-8-13/h12,14H,3-11H2,1-2H3. The minimum Gasteiger partial charge on any atom is -0.313 e. The van der Waals surface area contributed by atoms with E-state index >= 15 is 0 Å². The Morgan fingerprint density at radius 3 is 2.75 bits per heavy atom. The lowest BCUT2D eigenvalue weighted by Gasteiger charge is -2.46. The molecule has 94 valence electrons. The SMILES string of the molecule is CCNC1CCCN(CC2(SC)CCC2)C1. The first kappa shape index (κ1) is 12.7. The van der Waals surface area contributed by atoms with Crippen molar-refractivity contribution in [2.75, 3.05) is 32.4 Å². The Balaban J connectivity index is 1.80. The topological polar surface area (TPSA) is 15.3 Å². The van der Waals surface area contributed by atoms with E-state index in [2.05, 4.69) is 35.2 Å². The summed E-state index contributed by atoms with van der Waals surface area (Å²) in [5, 5.41) is 3.61. The largest absolute Gasteiger partial charge is 0.313 e. The number of likely N-dealkylation sites (N-methyl/N-ethyl adjacent to an activating group) is 1. The number of nitrogens with one attached hydrogen (secondary N) is 1. The van der Waals surface area contributed by atoms with Gasteiger partial charge in [-0.3, -0.25) is 0 Å². The van der Waals surface area contributed by atoms with E-state index < -0.39 is 0 Å². The second kappa shape index (κ2) is 5.74. The van der Waals surface area contributed by atoms with E-state index in [1.54, 1.807) is 0 Å². The summed E-state index contributed by atoms with van der Waals surface area (Å²) in [6.45, 7) is 7.26. The van der Waals surface area contributed by atoms with Gasteiger partial charge in [-0.25, -0.2) is 0 Å². The highest BCUT2D eigenvalue weighted by atomic mass is 32.2. The molecule has 3 heteroatoms. The Labute approximate surface area is 105 Å². The van der Waals surface area contributed by atoms with Crippen molar-refractivity contribution in [3.8, 4) is 0 Å². The van der Waals surface area contributed by atoms with Crippen LogP contribution in [0.15, 0.2) is 0 Å². The van der Waals surface area contributed by atoms with Crippen LogP contribution in [0.5, 0.6) is 0 Å². The quantitative estimate of drug-likeness (QED) is 0.797. The van der Waals surface area contributed by atoms with Crippen LogP contribution in [0.25, 0.3) is 0 Å². The van der Waals surface area contributed by atoms with E-state index in [-0.39, 0.29) is 0 Å². The summed E-state index contributed by atoms with van der Waals surface area (Å²) in [6, 6.07) is 0.748. The average Bonchev–Trinajstić information content (AvgIpc) is 2.25. The summed E-state index contributed by atoms with van der Waals surface area (Å²) in [5.74, 6) is 0. The summed E-state index contributed by atoms with van der Waals surface area (Å²) in [4.78, 5) is 2.70. The Bertz CT molecular complexity index is 208. The van der Waals surface area contributed by atoms with Crippen molar-refractivity contribution in [2.24, 2.45) is 0 Å². The van der Waals surface area contributed by atoms with Crippen LogP contribution in [0, 0.1) is 0 Å². The molecule has 2 rings (SSSR count). The minimum absolute atomic E-state index is 0.619. The van der Waals surface area contributed by atoms with Crippen molar-refractivity contribution < 1.29 is 0 Å². The summed E-state index contributed by atoms with van der Waals surface area (Å²) >= 11 is 2.11. The molecule has 1 aliphatic carbocycles. The number of hydrogen-bond acceptors (Lipinski definition) is 3. The lowest BCUT2D eigenvalue weighted by molar-refractivity contribution is 0.152. The van der Waals surface area contributed by atoms with Crippen LogP contribution in [0.2, 0.25) is 0 Å². The molecule has 0 spiro atoms. The van der Waals surface area contributed by atoms with Crippen LogP contribution in [0.4, 0.5) is 0 Å². The molecule has 16 heavy (non-hydrogen) atoms.